The van der Waals surface area contributed by atoms with E-state index in [0.29, 0.717) is 27.2 Å². The van der Waals surface area contributed by atoms with Crippen LogP contribution in [0.5, 0.6) is 5.75 Å². The van der Waals surface area contributed by atoms with Crippen molar-refractivity contribution in [1.82, 2.24) is 10.2 Å². The van der Waals surface area contributed by atoms with Crippen molar-refractivity contribution in [1.29, 1.82) is 0 Å². The average molecular weight is 607 g/mol. The number of halogens is 4. The standard InChI is InChI=1S/C26H15Cl4N3O4S/c27-20-9-6-16(12-22(20)29)33(26(34)15-4-2-1-3-5-15)25-19-14-18(8-11-24(19)31-32-25)38(35,36)37-17-7-10-21(28)23(30)13-17/h1-14H,(H,31,32). The Balaban J connectivity index is 1.62. The molecule has 0 spiro atoms. The Morgan fingerprint density at radius 2 is 1.47 bits per heavy atom. The molecule has 192 valence electrons. The van der Waals surface area contributed by atoms with E-state index in [1.807, 2.05) is 0 Å². The molecule has 5 rings (SSSR count). The molecular formula is C26H15Cl4N3O4S. The van der Waals surface area contributed by atoms with Gasteiger partial charge in [-0.3, -0.25) is 14.8 Å². The van der Waals surface area contributed by atoms with Gasteiger partial charge in [0, 0.05) is 17.0 Å². The fourth-order valence-electron chi connectivity index (χ4n) is 3.68. The first-order chi connectivity index (χ1) is 18.1. The first kappa shape index (κ1) is 26.3. The van der Waals surface area contributed by atoms with Crippen molar-refractivity contribution in [3.05, 3.63) is 111 Å². The zero-order valence-corrected chi connectivity index (χ0v) is 22.9. The van der Waals surface area contributed by atoms with Gasteiger partial charge in [-0.25, -0.2) is 0 Å². The number of aromatic amines is 1. The van der Waals surface area contributed by atoms with Crippen LogP contribution in [-0.4, -0.2) is 24.5 Å². The van der Waals surface area contributed by atoms with E-state index in [2.05, 4.69) is 10.2 Å². The minimum Gasteiger partial charge on any atom is -0.379 e. The molecule has 0 saturated carbocycles. The van der Waals surface area contributed by atoms with Gasteiger partial charge in [-0.05, 0) is 60.7 Å². The van der Waals surface area contributed by atoms with Crippen molar-refractivity contribution in [2.75, 3.05) is 4.90 Å². The highest BCUT2D eigenvalue weighted by molar-refractivity contribution is 7.87. The molecule has 0 saturated heterocycles. The summed E-state index contributed by atoms with van der Waals surface area (Å²) in [6, 6.07) is 21.6. The lowest BCUT2D eigenvalue weighted by atomic mass is 10.1. The largest absolute Gasteiger partial charge is 0.379 e. The van der Waals surface area contributed by atoms with Crippen LogP contribution in [0.4, 0.5) is 11.5 Å². The van der Waals surface area contributed by atoms with Gasteiger partial charge in [0.1, 0.15) is 10.6 Å². The fraction of sp³-hybridized carbons (Fsp3) is 0. The number of benzene rings is 4. The summed E-state index contributed by atoms with van der Waals surface area (Å²) in [5.41, 5.74) is 1.24. The molecule has 1 aromatic heterocycles. The summed E-state index contributed by atoms with van der Waals surface area (Å²) >= 11 is 24.3. The minimum absolute atomic E-state index is 0.0106. The number of nitrogens with zero attached hydrogens (tertiary/aromatic N) is 2. The normalized spacial score (nSPS) is 11.5. The molecule has 12 heteroatoms. The van der Waals surface area contributed by atoms with Gasteiger partial charge in [0.15, 0.2) is 5.82 Å². The van der Waals surface area contributed by atoms with Crippen molar-refractivity contribution < 1.29 is 17.4 Å². The van der Waals surface area contributed by atoms with Crippen molar-refractivity contribution in [2.24, 2.45) is 0 Å². The summed E-state index contributed by atoms with van der Waals surface area (Å²) in [4.78, 5) is 14.9. The van der Waals surface area contributed by atoms with E-state index in [4.69, 9.17) is 50.6 Å². The second-order valence-electron chi connectivity index (χ2n) is 7.97. The SMILES string of the molecule is O=C(c1ccccc1)N(c1ccc(Cl)c(Cl)c1)c1n[nH]c2ccc(S(=O)(=O)Oc3ccc(Cl)c(Cl)c3)cc12. The molecule has 1 N–H and O–H groups in total. The highest BCUT2D eigenvalue weighted by atomic mass is 35.5. The average Bonchev–Trinajstić information content (AvgIpc) is 3.32. The van der Waals surface area contributed by atoms with Gasteiger partial charge < -0.3 is 4.18 Å². The Labute approximate surface area is 237 Å². The van der Waals surface area contributed by atoms with Crippen molar-refractivity contribution >= 4 is 84.8 Å². The van der Waals surface area contributed by atoms with E-state index in [1.54, 1.807) is 42.5 Å². The number of amides is 1. The highest BCUT2D eigenvalue weighted by Crippen LogP contribution is 2.36. The van der Waals surface area contributed by atoms with Crippen molar-refractivity contribution in [2.45, 2.75) is 4.90 Å². The molecule has 0 bridgehead atoms. The molecule has 0 unspecified atom stereocenters. The number of anilines is 2. The van der Waals surface area contributed by atoms with Gasteiger partial charge in [0.25, 0.3) is 5.91 Å². The molecular weight excluding hydrogens is 592 g/mol. The molecule has 0 aliphatic carbocycles. The summed E-state index contributed by atoms with van der Waals surface area (Å²) < 4.78 is 31.5. The van der Waals surface area contributed by atoms with Crippen molar-refractivity contribution in [3.8, 4) is 5.75 Å². The first-order valence-electron chi connectivity index (χ1n) is 10.9. The van der Waals surface area contributed by atoms with E-state index in [0.717, 1.165) is 0 Å². The molecule has 38 heavy (non-hydrogen) atoms. The van der Waals surface area contributed by atoms with Crippen LogP contribution in [0, 0.1) is 0 Å². The van der Waals surface area contributed by atoms with Gasteiger partial charge in [0.2, 0.25) is 0 Å². The topological polar surface area (TPSA) is 92.4 Å². The van der Waals surface area contributed by atoms with Gasteiger partial charge in [-0.2, -0.15) is 13.5 Å². The van der Waals surface area contributed by atoms with Crippen LogP contribution in [0.15, 0.2) is 89.8 Å². The number of nitrogens with one attached hydrogen (secondary N) is 1. The molecule has 0 fully saturated rings. The Hall–Kier alpha value is -3.27. The summed E-state index contributed by atoms with van der Waals surface area (Å²) in [5, 5.41) is 8.46. The molecule has 4 aromatic carbocycles. The molecule has 7 nitrogen and oxygen atoms in total. The van der Waals surface area contributed by atoms with E-state index >= 15 is 0 Å². The van der Waals surface area contributed by atoms with E-state index in [-0.39, 0.29) is 31.5 Å². The summed E-state index contributed by atoms with van der Waals surface area (Å²) in [6.07, 6.45) is 0. The van der Waals surface area contributed by atoms with Gasteiger partial charge in [0.05, 0.1) is 31.3 Å². The maximum Gasteiger partial charge on any atom is 0.339 e. The Kier molecular flexibility index (Phi) is 7.26. The summed E-state index contributed by atoms with van der Waals surface area (Å²) in [7, 11) is -4.29. The second-order valence-corrected chi connectivity index (χ2v) is 11.1. The van der Waals surface area contributed by atoms with E-state index in [1.165, 1.54) is 47.4 Å². The van der Waals surface area contributed by atoms with Gasteiger partial charge in [-0.15, -0.1) is 0 Å². The van der Waals surface area contributed by atoms with E-state index in [9.17, 15) is 13.2 Å². The molecule has 0 aliphatic heterocycles. The predicted octanol–water partition coefficient (Wildman–Crippen LogP) is 7.92. The molecule has 1 heterocycles. The number of carbonyl (C=O) groups excluding carboxylic acids is 1. The van der Waals surface area contributed by atoms with Gasteiger partial charge >= 0.3 is 10.1 Å². The first-order valence-corrected chi connectivity index (χ1v) is 13.8. The molecule has 5 aromatic rings. The van der Waals surface area contributed by atoms with Crippen LogP contribution in [0.1, 0.15) is 10.4 Å². The summed E-state index contributed by atoms with van der Waals surface area (Å²) in [6.45, 7) is 0. The van der Waals surface area contributed by atoms with Crippen LogP contribution in [0.2, 0.25) is 20.1 Å². The van der Waals surface area contributed by atoms with E-state index < -0.39 is 16.0 Å². The number of aromatic nitrogens is 2. The maximum atomic E-state index is 13.7. The highest BCUT2D eigenvalue weighted by Gasteiger charge is 2.26. The van der Waals surface area contributed by atoms with Gasteiger partial charge in [-0.1, -0.05) is 64.6 Å². The quantitative estimate of drug-likeness (QED) is 0.198. The summed E-state index contributed by atoms with van der Waals surface area (Å²) in [5.74, 6) is -0.278. The maximum absolute atomic E-state index is 13.7. The van der Waals surface area contributed by atoms with Crippen molar-refractivity contribution in [3.63, 3.8) is 0 Å². The van der Waals surface area contributed by atoms with Crippen LogP contribution in [-0.2, 0) is 10.1 Å². The molecule has 1 amide bonds. The van der Waals surface area contributed by atoms with Crippen LogP contribution in [0.3, 0.4) is 0 Å². The molecule has 0 radical (unpaired) electrons. The lowest BCUT2D eigenvalue weighted by Gasteiger charge is -2.21. The minimum atomic E-state index is -4.29. The Morgan fingerprint density at radius 1 is 0.789 bits per heavy atom. The fourth-order valence-corrected chi connectivity index (χ4v) is 5.21. The number of carbonyl (C=O) groups is 1. The number of H-pyrrole nitrogens is 1. The lowest BCUT2D eigenvalue weighted by Crippen LogP contribution is -2.26. The Morgan fingerprint density at radius 3 is 2.16 bits per heavy atom. The monoisotopic (exact) mass is 605 g/mol. The third-order valence-corrected chi connectivity index (χ3v) is 8.22. The zero-order valence-electron chi connectivity index (χ0n) is 19.0. The Bertz CT molecular complexity index is 1790. The predicted molar refractivity (Wildman–Crippen MR) is 150 cm³/mol. The lowest BCUT2D eigenvalue weighted by molar-refractivity contribution is 0.0998. The zero-order chi connectivity index (χ0) is 27.0. The number of hydrogen-bond acceptors (Lipinski definition) is 5. The number of rotatable bonds is 6. The molecule has 0 atom stereocenters. The van der Waals surface area contributed by atoms with Crippen LogP contribution < -0.4 is 9.08 Å². The third-order valence-electron chi connectivity index (χ3n) is 5.50. The molecule has 0 aliphatic rings. The smallest absolute Gasteiger partial charge is 0.339 e. The third kappa shape index (κ3) is 5.18. The van der Waals surface area contributed by atoms with Crippen LogP contribution >= 0.6 is 46.4 Å². The van der Waals surface area contributed by atoms with Crippen LogP contribution in [0.25, 0.3) is 10.9 Å². The second kappa shape index (κ2) is 10.5. The number of fused-ring (bicyclic) bond motifs is 1. The number of hydrogen-bond donors (Lipinski definition) is 1.